The quantitative estimate of drug-likeness (QED) is 0.832. The maximum atomic E-state index is 11.8. The molecule has 0 aliphatic heterocycles. The van der Waals surface area contributed by atoms with E-state index in [9.17, 15) is 4.79 Å². The molecule has 2 aromatic rings. The molecule has 2 N–H and O–H groups in total. The second kappa shape index (κ2) is 7.69. The summed E-state index contributed by atoms with van der Waals surface area (Å²) in [5.74, 6) is 0.730. The zero-order valence-electron chi connectivity index (χ0n) is 11.7. The van der Waals surface area contributed by atoms with Crippen molar-refractivity contribution in [3.05, 3.63) is 53.0 Å². The normalized spacial score (nSPS) is 10.0. The van der Waals surface area contributed by atoms with Crippen LogP contribution in [0.15, 0.2) is 53.0 Å². The summed E-state index contributed by atoms with van der Waals surface area (Å²) in [4.78, 5) is 11.8. The Bertz CT molecular complexity index is 582. The lowest BCUT2D eigenvalue weighted by atomic mass is 10.3. The Balaban J connectivity index is 1.81. The van der Waals surface area contributed by atoms with E-state index in [0.717, 1.165) is 21.6 Å². The maximum Gasteiger partial charge on any atom is 0.243 e. The Morgan fingerprint density at radius 1 is 1.05 bits per heavy atom. The number of carbonyl (C=O) groups excluding carboxylic acids is 1. The third kappa shape index (κ3) is 5.11. The fourth-order valence-electron chi connectivity index (χ4n) is 1.76. The summed E-state index contributed by atoms with van der Waals surface area (Å²) in [6.45, 7) is 2.80. The maximum absolute atomic E-state index is 11.8. The first-order chi connectivity index (χ1) is 10.2. The monoisotopic (exact) mass is 348 g/mol. The number of ether oxygens (including phenoxy) is 1. The molecular weight excluding hydrogens is 332 g/mol. The molecule has 0 radical (unpaired) electrons. The van der Waals surface area contributed by atoms with E-state index in [1.54, 1.807) is 0 Å². The summed E-state index contributed by atoms with van der Waals surface area (Å²) in [7, 11) is 0. The van der Waals surface area contributed by atoms with Crippen molar-refractivity contribution in [3.8, 4) is 5.75 Å². The fraction of sp³-hybridized carbons (Fsp3) is 0.188. The van der Waals surface area contributed by atoms with Crippen molar-refractivity contribution in [2.45, 2.75) is 6.92 Å². The molecule has 5 heteroatoms. The van der Waals surface area contributed by atoms with Crippen LogP contribution < -0.4 is 15.4 Å². The van der Waals surface area contributed by atoms with Gasteiger partial charge >= 0.3 is 0 Å². The minimum atomic E-state index is -0.0915. The van der Waals surface area contributed by atoms with Crippen LogP contribution in [0.4, 0.5) is 11.4 Å². The van der Waals surface area contributed by atoms with Gasteiger partial charge in [-0.15, -0.1) is 0 Å². The van der Waals surface area contributed by atoms with Crippen LogP contribution in [0.25, 0.3) is 0 Å². The van der Waals surface area contributed by atoms with Crippen LogP contribution >= 0.6 is 15.9 Å². The van der Waals surface area contributed by atoms with Crippen LogP contribution in [0.1, 0.15) is 6.92 Å². The lowest BCUT2D eigenvalue weighted by molar-refractivity contribution is -0.114. The van der Waals surface area contributed by atoms with Crippen molar-refractivity contribution < 1.29 is 9.53 Å². The van der Waals surface area contributed by atoms with E-state index in [2.05, 4.69) is 26.6 Å². The minimum Gasteiger partial charge on any atom is -0.494 e. The molecule has 0 fully saturated rings. The van der Waals surface area contributed by atoms with Crippen molar-refractivity contribution in [2.75, 3.05) is 23.8 Å². The zero-order chi connectivity index (χ0) is 15.1. The van der Waals surface area contributed by atoms with Gasteiger partial charge < -0.3 is 15.4 Å². The van der Waals surface area contributed by atoms with Crippen molar-refractivity contribution in [3.63, 3.8) is 0 Å². The Morgan fingerprint density at radius 3 is 2.29 bits per heavy atom. The van der Waals surface area contributed by atoms with Crippen molar-refractivity contribution in [1.29, 1.82) is 0 Å². The van der Waals surface area contributed by atoms with Gasteiger partial charge in [-0.3, -0.25) is 4.79 Å². The number of hydrogen-bond donors (Lipinski definition) is 2. The topological polar surface area (TPSA) is 50.4 Å². The molecule has 110 valence electrons. The standard InChI is InChI=1S/C16H17BrN2O2/c1-2-21-15-9-7-13(8-10-15)18-11-16(20)19-14-5-3-12(17)4-6-14/h3-10,18H,2,11H2,1H3,(H,19,20). The van der Waals surface area contributed by atoms with Crippen molar-refractivity contribution in [2.24, 2.45) is 0 Å². The SMILES string of the molecule is CCOc1ccc(NCC(=O)Nc2ccc(Br)cc2)cc1. The Kier molecular flexibility index (Phi) is 5.63. The Morgan fingerprint density at radius 2 is 1.67 bits per heavy atom. The Labute approximate surface area is 132 Å². The highest BCUT2D eigenvalue weighted by Gasteiger charge is 2.02. The molecule has 0 spiro atoms. The summed E-state index contributed by atoms with van der Waals surface area (Å²) >= 11 is 3.35. The third-order valence-corrected chi connectivity index (χ3v) is 3.28. The van der Waals surface area contributed by atoms with Crippen LogP contribution in [-0.4, -0.2) is 19.1 Å². The van der Waals surface area contributed by atoms with Crippen molar-refractivity contribution in [1.82, 2.24) is 0 Å². The molecule has 0 aliphatic rings. The minimum absolute atomic E-state index is 0.0915. The number of halogens is 1. The molecule has 4 nitrogen and oxygen atoms in total. The molecule has 0 bridgehead atoms. The number of hydrogen-bond acceptors (Lipinski definition) is 3. The summed E-state index contributed by atoms with van der Waals surface area (Å²) in [5.41, 5.74) is 1.65. The van der Waals surface area contributed by atoms with Gasteiger partial charge in [-0.05, 0) is 55.5 Å². The average Bonchev–Trinajstić information content (AvgIpc) is 2.49. The van der Waals surface area contributed by atoms with Gasteiger partial charge in [0.05, 0.1) is 13.2 Å². The highest BCUT2D eigenvalue weighted by molar-refractivity contribution is 9.10. The first kappa shape index (κ1) is 15.4. The van der Waals surface area contributed by atoms with Crippen LogP contribution in [0.3, 0.4) is 0 Å². The molecular formula is C16H17BrN2O2. The van der Waals surface area contributed by atoms with Crippen LogP contribution in [0, 0.1) is 0 Å². The first-order valence-corrected chi connectivity index (χ1v) is 7.49. The van der Waals surface area contributed by atoms with Gasteiger partial charge in [-0.1, -0.05) is 15.9 Å². The van der Waals surface area contributed by atoms with E-state index in [1.165, 1.54) is 0 Å². The summed E-state index contributed by atoms with van der Waals surface area (Å²) in [5, 5.41) is 5.89. The van der Waals surface area contributed by atoms with Gasteiger partial charge in [0.25, 0.3) is 0 Å². The molecule has 21 heavy (non-hydrogen) atoms. The highest BCUT2D eigenvalue weighted by Crippen LogP contribution is 2.16. The van der Waals surface area contributed by atoms with Gasteiger partial charge in [0, 0.05) is 15.8 Å². The van der Waals surface area contributed by atoms with Gasteiger partial charge in [0.1, 0.15) is 5.75 Å². The molecule has 1 amide bonds. The van der Waals surface area contributed by atoms with Crippen molar-refractivity contribution >= 4 is 33.2 Å². The molecule has 2 rings (SSSR count). The number of carbonyl (C=O) groups is 1. The lowest BCUT2D eigenvalue weighted by Gasteiger charge is -2.09. The molecule has 0 atom stereocenters. The highest BCUT2D eigenvalue weighted by atomic mass is 79.9. The molecule has 2 aromatic carbocycles. The van der Waals surface area contributed by atoms with E-state index < -0.39 is 0 Å². The van der Waals surface area contributed by atoms with Crippen LogP contribution in [-0.2, 0) is 4.79 Å². The van der Waals surface area contributed by atoms with E-state index in [4.69, 9.17) is 4.74 Å². The summed E-state index contributed by atoms with van der Waals surface area (Å²) < 4.78 is 6.34. The first-order valence-electron chi connectivity index (χ1n) is 6.69. The van der Waals surface area contributed by atoms with Crippen LogP contribution in [0.2, 0.25) is 0 Å². The van der Waals surface area contributed by atoms with E-state index in [1.807, 2.05) is 55.5 Å². The average molecular weight is 349 g/mol. The van der Waals surface area contributed by atoms with Gasteiger partial charge in [0.2, 0.25) is 5.91 Å². The zero-order valence-corrected chi connectivity index (χ0v) is 13.3. The molecule has 0 saturated carbocycles. The third-order valence-electron chi connectivity index (χ3n) is 2.75. The smallest absolute Gasteiger partial charge is 0.243 e. The Hall–Kier alpha value is -2.01. The number of benzene rings is 2. The molecule has 0 saturated heterocycles. The second-order valence-corrected chi connectivity index (χ2v) is 5.28. The van der Waals surface area contributed by atoms with E-state index >= 15 is 0 Å². The van der Waals surface area contributed by atoms with Gasteiger partial charge in [0.15, 0.2) is 0 Å². The number of rotatable bonds is 6. The lowest BCUT2D eigenvalue weighted by Crippen LogP contribution is -2.21. The van der Waals surface area contributed by atoms with Gasteiger partial charge in [-0.25, -0.2) is 0 Å². The molecule has 0 unspecified atom stereocenters. The number of anilines is 2. The van der Waals surface area contributed by atoms with E-state index in [0.29, 0.717) is 6.61 Å². The van der Waals surface area contributed by atoms with Crippen LogP contribution in [0.5, 0.6) is 5.75 Å². The second-order valence-electron chi connectivity index (χ2n) is 4.37. The predicted octanol–water partition coefficient (Wildman–Crippen LogP) is 3.90. The molecule has 0 aromatic heterocycles. The predicted molar refractivity (Wildman–Crippen MR) is 88.9 cm³/mol. The number of amides is 1. The fourth-order valence-corrected chi connectivity index (χ4v) is 2.02. The molecule has 0 heterocycles. The summed E-state index contributed by atoms with van der Waals surface area (Å²) in [6, 6.07) is 15.0. The van der Waals surface area contributed by atoms with Gasteiger partial charge in [-0.2, -0.15) is 0 Å². The van der Waals surface area contributed by atoms with E-state index in [-0.39, 0.29) is 12.5 Å². The summed E-state index contributed by atoms with van der Waals surface area (Å²) in [6.07, 6.45) is 0. The largest absolute Gasteiger partial charge is 0.494 e. The number of nitrogens with one attached hydrogen (secondary N) is 2. The molecule has 0 aliphatic carbocycles.